The van der Waals surface area contributed by atoms with E-state index in [1.165, 1.54) is 10.2 Å². The summed E-state index contributed by atoms with van der Waals surface area (Å²) in [6.07, 6.45) is 2.46. The molecular weight excluding hydrogens is 328 g/mol. The van der Waals surface area contributed by atoms with E-state index in [0.717, 1.165) is 24.2 Å². The molecule has 0 bridgehead atoms. The van der Waals surface area contributed by atoms with Crippen LogP contribution < -0.4 is 15.8 Å². The molecule has 6 nitrogen and oxygen atoms in total. The molecule has 1 atom stereocenters. The number of benzene rings is 1. The Labute approximate surface area is 153 Å². The second-order valence-corrected chi connectivity index (χ2v) is 7.22. The molecule has 6 heteroatoms. The number of hydrogen-bond acceptors (Lipinski definition) is 4. The third-order valence-corrected chi connectivity index (χ3v) is 4.99. The summed E-state index contributed by atoms with van der Waals surface area (Å²) in [5.41, 5.74) is 3.05. The molecule has 138 valence electrons. The van der Waals surface area contributed by atoms with Crippen LogP contribution in [0.2, 0.25) is 0 Å². The molecule has 1 fully saturated rings. The molecule has 1 aliphatic heterocycles. The summed E-state index contributed by atoms with van der Waals surface area (Å²) in [5.74, 6) is 0.513. The van der Waals surface area contributed by atoms with Gasteiger partial charge in [0.15, 0.2) is 0 Å². The highest BCUT2D eigenvalue weighted by atomic mass is 16.2. The molecule has 0 aliphatic carbocycles. The second kappa shape index (κ2) is 7.72. The number of rotatable bonds is 5. The van der Waals surface area contributed by atoms with Crippen LogP contribution in [0.5, 0.6) is 0 Å². The van der Waals surface area contributed by atoms with Gasteiger partial charge in [-0.2, -0.15) is 5.10 Å². The molecule has 3 rings (SSSR count). The zero-order chi connectivity index (χ0) is 18.7. The van der Waals surface area contributed by atoms with E-state index in [1.54, 1.807) is 19.3 Å². The average Bonchev–Trinajstić information content (AvgIpc) is 3.12. The van der Waals surface area contributed by atoms with Crippen LogP contribution in [0.1, 0.15) is 37.3 Å². The van der Waals surface area contributed by atoms with Crippen LogP contribution in [0.25, 0.3) is 0 Å². The molecule has 1 unspecified atom stereocenters. The maximum Gasteiger partial charge on any atom is 0.268 e. The van der Waals surface area contributed by atoms with Gasteiger partial charge in [0.1, 0.15) is 0 Å². The van der Waals surface area contributed by atoms with Gasteiger partial charge >= 0.3 is 0 Å². The Morgan fingerprint density at radius 3 is 2.69 bits per heavy atom. The van der Waals surface area contributed by atoms with E-state index in [9.17, 15) is 9.59 Å². The SMILES string of the molecule is CC(C)c1ccc(CNC(=O)C2CCN(c3cnn(C)c(=O)c3)C2)cc1. The largest absolute Gasteiger partial charge is 0.369 e. The molecule has 1 N–H and O–H groups in total. The third kappa shape index (κ3) is 4.12. The molecule has 26 heavy (non-hydrogen) atoms. The third-order valence-electron chi connectivity index (χ3n) is 4.99. The molecule has 0 spiro atoms. The molecule has 0 radical (unpaired) electrons. The average molecular weight is 354 g/mol. The minimum atomic E-state index is -0.139. The van der Waals surface area contributed by atoms with Gasteiger partial charge in [0.25, 0.3) is 5.56 Å². The number of aryl methyl sites for hydroxylation is 1. The van der Waals surface area contributed by atoms with Crippen molar-refractivity contribution in [3.05, 3.63) is 58.0 Å². The monoisotopic (exact) mass is 354 g/mol. The lowest BCUT2D eigenvalue weighted by Crippen LogP contribution is -2.32. The molecular formula is C20H26N4O2. The second-order valence-electron chi connectivity index (χ2n) is 7.22. The highest BCUT2D eigenvalue weighted by Gasteiger charge is 2.28. The van der Waals surface area contributed by atoms with Crippen molar-refractivity contribution in [1.29, 1.82) is 0 Å². The van der Waals surface area contributed by atoms with E-state index >= 15 is 0 Å². The Bertz CT molecular complexity index is 826. The van der Waals surface area contributed by atoms with Gasteiger partial charge in [-0.05, 0) is 23.5 Å². The van der Waals surface area contributed by atoms with Gasteiger partial charge in [-0.25, -0.2) is 4.68 Å². The van der Waals surface area contributed by atoms with Gasteiger partial charge in [-0.3, -0.25) is 9.59 Å². The Kier molecular flexibility index (Phi) is 5.40. The van der Waals surface area contributed by atoms with E-state index in [4.69, 9.17) is 0 Å². The Balaban J connectivity index is 1.54. The van der Waals surface area contributed by atoms with Crippen molar-refractivity contribution in [3.8, 4) is 0 Å². The minimum absolute atomic E-state index is 0.0611. The number of carbonyl (C=O) groups is 1. The van der Waals surface area contributed by atoms with Crippen molar-refractivity contribution in [1.82, 2.24) is 15.1 Å². The molecule has 0 saturated carbocycles. The van der Waals surface area contributed by atoms with Gasteiger partial charge < -0.3 is 10.2 Å². The fraction of sp³-hybridized carbons (Fsp3) is 0.450. The van der Waals surface area contributed by atoms with Crippen LogP contribution >= 0.6 is 0 Å². The van der Waals surface area contributed by atoms with Gasteiger partial charge in [-0.1, -0.05) is 38.1 Å². The van der Waals surface area contributed by atoms with Crippen molar-refractivity contribution >= 4 is 11.6 Å². The number of nitrogens with one attached hydrogen (secondary N) is 1. The van der Waals surface area contributed by atoms with Crippen LogP contribution in [-0.2, 0) is 18.4 Å². The molecule has 1 aliphatic rings. The fourth-order valence-corrected chi connectivity index (χ4v) is 3.20. The van der Waals surface area contributed by atoms with E-state index in [2.05, 4.69) is 53.4 Å². The van der Waals surface area contributed by atoms with Gasteiger partial charge in [0.05, 0.1) is 17.8 Å². The molecule has 2 heterocycles. The van der Waals surface area contributed by atoms with Crippen LogP contribution in [0.15, 0.2) is 41.3 Å². The summed E-state index contributed by atoms with van der Waals surface area (Å²) >= 11 is 0. The lowest BCUT2D eigenvalue weighted by atomic mass is 10.0. The van der Waals surface area contributed by atoms with E-state index in [-0.39, 0.29) is 17.4 Å². The number of aromatic nitrogens is 2. The summed E-state index contributed by atoms with van der Waals surface area (Å²) < 4.78 is 1.30. The quantitative estimate of drug-likeness (QED) is 0.892. The predicted octanol–water partition coefficient (Wildman–Crippen LogP) is 2.05. The van der Waals surface area contributed by atoms with Crippen molar-refractivity contribution in [2.24, 2.45) is 13.0 Å². The summed E-state index contributed by atoms with van der Waals surface area (Å²) in [7, 11) is 1.63. The van der Waals surface area contributed by atoms with Crippen molar-refractivity contribution in [3.63, 3.8) is 0 Å². The fourth-order valence-electron chi connectivity index (χ4n) is 3.20. The molecule has 1 saturated heterocycles. The molecule has 1 aromatic heterocycles. The van der Waals surface area contributed by atoms with Gasteiger partial charge in [0.2, 0.25) is 5.91 Å². The molecule has 1 amide bonds. The highest BCUT2D eigenvalue weighted by molar-refractivity contribution is 5.80. The molecule has 2 aromatic rings. The Morgan fingerprint density at radius 1 is 1.31 bits per heavy atom. The first kappa shape index (κ1) is 18.2. The lowest BCUT2D eigenvalue weighted by molar-refractivity contribution is -0.124. The number of hydrogen-bond donors (Lipinski definition) is 1. The number of anilines is 1. The highest BCUT2D eigenvalue weighted by Crippen LogP contribution is 2.22. The zero-order valence-corrected chi connectivity index (χ0v) is 15.6. The van der Waals surface area contributed by atoms with Crippen LogP contribution in [0.3, 0.4) is 0 Å². The number of carbonyl (C=O) groups excluding carboxylic acids is 1. The predicted molar refractivity (Wildman–Crippen MR) is 102 cm³/mol. The smallest absolute Gasteiger partial charge is 0.268 e. The summed E-state index contributed by atoms with van der Waals surface area (Å²) in [6, 6.07) is 9.95. The summed E-state index contributed by atoms with van der Waals surface area (Å²) in [4.78, 5) is 26.3. The van der Waals surface area contributed by atoms with Gasteiger partial charge in [0, 0.05) is 32.7 Å². The first-order valence-electron chi connectivity index (χ1n) is 9.09. The maximum atomic E-state index is 12.5. The number of amides is 1. The van der Waals surface area contributed by atoms with E-state index < -0.39 is 0 Å². The van der Waals surface area contributed by atoms with Crippen molar-refractivity contribution in [2.45, 2.75) is 32.7 Å². The Hall–Kier alpha value is -2.63. The van der Waals surface area contributed by atoms with E-state index in [1.807, 2.05) is 0 Å². The first-order valence-corrected chi connectivity index (χ1v) is 9.09. The Morgan fingerprint density at radius 2 is 2.04 bits per heavy atom. The minimum Gasteiger partial charge on any atom is -0.369 e. The van der Waals surface area contributed by atoms with Crippen LogP contribution in [-0.4, -0.2) is 28.8 Å². The van der Waals surface area contributed by atoms with E-state index in [0.29, 0.717) is 19.0 Å². The van der Waals surface area contributed by atoms with Crippen molar-refractivity contribution < 1.29 is 4.79 Å². The van der Waals surface area contributed by atoms with Crippen LogP contribution in [0.4, 0.5) is 5.69 Å². The summed E-state index contributed by atoms with van der Waals surface area (Å²) in [5, 5.41) is 7.09. The van der Waals surface area contributed by atoms with Crippen LogP contribution in [0, 0.1) is 5.92 Å². The van der Waals surface area contributed by atoms with Crippen molar-refractivity contribution in [2.75, 3.05) is 18.0 Å². The topological polar surface area (TPSA) is 67.2 Å². The zero-order valence-electron chi connectivity index (χ0n) is 15.6. The summed E-state index contributed by atoms with van der Waals surface area (Å²) in [6.45, 7) is 6.26. The lowest BCUT2D eigenvalue weighted by Gasteiger charge is -2.18. The first-order chi connectivity index (χ1) is 12.4. The number of nitrogens with zero attached hydrogens (tertiary/aromatic N) is 3. The standard InChI is InChI=1S/C20H26N4O2/c1-14(2)16-6-4-15(5-7-16)11-21-20(26)17-8-9-24(13-17)18-10-19(25)23(3)22-12-18/h4-7,10,12,14,17H,8-9,11,13H2,1-3H3,(H,21,26). The normalized spacial score (nSPS) is 16.9. The van der Waals surface area contributed by atoms with Gasteiger partial charge in [-0.15, -0.1) is 0 Å². The molecule has 1 aromatic carbocycles. The maximum absolute atomic E-state index is 12.5.